The molecular weight excluding hydrogens is 620 g/mol. The molecule has 0 aliphatic carbocycles. The molecule has 0 radical (unpaired) electrons. The van der Waals surface area contributed by atoms with Crippen molar-refractivity contribution in [3.05, 3.63) is 86.6 Å². The van der Waals surface area contributed by atoms with E-state index in [1.54, 1.807) is 37.3 Å². The van der Waals surface area contributed by atoms with Crippen LogP contribution in [0.15, 0.2) is 48.7 Å². The Morgan fingerprint density at radius 3 is 2.60 bits per heavy atom. The van der Waals surface area contributed by atoms with Gasteiger partial charge in [-0.25, -0.2) is 15.0 Å². The molecule has 6 rings (SSSR count). The normalized spacial score (nSPS) is 16.0. The van der Waals surface area contributed by atoms with Crippen LogP contribution in [-0.2, 0) is 16.1 Å². The minimum absolute atomic E-state index is 0.0521. The molecule has 2 aliphatic rings. The van der Waals surface area contributed by atoms with Crippen LogP contribution in [0.2, 0.25) is 5.02 Å². The van der Waals surface area contributed by atoms with Crippen molar-refractivity contribution in [2.45, 2.75) is 39.3 Å². The molecule has 1 saturated heterocycles. The van der Waals surface area contributed by atoms with Gasteiger partial charge in [0.05, 0.1) is 28.0 Å². The number of aryl methyl sites for hydroxylation is 2. The van der Waals surface area contributed by atoms with Gasteiger partial charge in [-0.2, -0.15) is 0 Å². The van der Waals surface area contributed by atoms with Gasteiger partial charge < -0.3 is 16.0 Å². The summed E-state index contributed by atoms with van der Waals surface area (Å²) in [6, 6.07) is 10.9. The largest absolute Gasteiger partial charge is 0.366 e. The summed E-state index contributed by atoms with van der Waals surface area (Å²) in [5.41, 5.74) is 2.48. The van der Waals surface area contributed by atoms with Crippen LogP contribution in [-0.4, -0.2) is 55.4 Å². The molecule has 228 valence electrons. The zero-order chi connectivity index (χ0) is 31.8. The lowest BCUT2D eigenvalue weighted by Gasteiger charge is -2.27. The third-order valence-corrected chi connectivity index (χ3v) is 8.47. The number of anilines is 4. The highest BCUT2D eigenvalue weighted by atomic mass is 35.5. The number of carbonyl (C=O) groups is 5. The number of para-hydroxylation sites is 1. The van der Waals surface area contributed by atoms with Crippen molar-refractivity contribution in [3.63, 3.8) is 0 Å². The Labute approximate surface area is 265 Å². The number of aromatic nitrogens is 3. The Hall–Kier alpha value is -5.21. The lowest BCUT2D eigenvalue weighted by molar-refractivity contribution is -0.136. The third kappa shape index (κ3) is 6.10. The van der Waals surface area contributed by atoms with E-state index in [1.807, 2.05) is 19.1 Å². The summed E-state index contributed by atoms with van der Waals surface area (Å²) in [4.78, 5) is 77.2. The van der Waals surface area contributed by atoms with E-state index in [4.69, 9.17) is 11.6 Å². The molecule has 0 spiro atoms. The molecule has 2 aromatic carbocycles. The second kappa shape index (κ2) is 12.1. The molecule has 2 aliphatic heterocycles. The van der Waals surface area contributed by atoms with Crippen molar-refractivity contribution < 1.29 is 24.0 Å². The number of hydrogen-bond donors (Lipinski definition) is 4. The second-order valence-corrected chi connectivity index (χ2v) is 11.8. The predicted octanol–water partition coefficient (Wildman–Crippen LogP) is 4.21. The quantitative estimate of drug-likeness (QED) is 0.203. The van der Waals surface area contributed by atoms with Crippen LogP contribution >= 0.6 is 22.9 Å². The summed E-state index contributed by atoms with van der Waals surface area (Å²) < 4.78 is 0. The van der Waals surface area contributed by atoms with E-state index < -0.39 is 29.7 Å². The van der Waals surface area contributed by atoms with Crippen molar-refractivity contribution >= 4 is 74.9 Å². The summed E-state index contributed by atoms with van der Waals surface area (Å²) in [7, 11) is 0. The first-order valence-electron chi connectivity index (χ1n) is 13.8. The minimum atomic E-state index is -1.03. The number of nitrogens with one attached hydrogen (secondary N) is 4. The second-order valence-electron chi connectivity index (χ2n) is 10.4. The van der Waals surface area contributed by atoms with Gasteiger partial charge in [0, 0.05) is 19.0 Å². The fourth-order valence-corrected chi connectivity index (χ4v) is 6.04. The lowest BCUT2D eigenvalue weighted by Crippen LogP contribution is -2.54. The van der Waals surface area contributed by atoms with E-state index in [2.05, 4.69) is 36.2 Å². The first kappa shape index (κ1) is 29.8. The first-order valence-corrected chi connectivity index (χ1v) is 15.0. The van der Waals surface area contributed by atoms with Crippen LogP contribution in [0, 0.1) is 13.8 Å². The topological polar surface area (TPSA) is 175 Å². The van der Waals surface area contributed by atoms with Gasteiger partial charge in [-0.1, -0.05) is 41.1 Å². The number of imide groups is 2. The van der Waals surface area contributed by atoms with Crippen LogP contribution in [0.5, 0.6) is 0 Å². The van der Waals surface area contributed by atoms with Crippen LogP contribution < -0.4 is 21.3 Å². The number of amides is 5. The van der Waals surface area contributed by atoms with Crippen LogP contribution in [0.3, 0.4) is 0 Å². The fraction of sp³-hybridized carbons (Fsp3) is 0.200. The van der Waals surface area contributed by atoms with Gasteiger partial charge in [0.15, 0.2) is 5.13 Å². The lowest BCUT2D eigenvalue weighted by atomic mass is 10.0. The Bertz CT molecular complexity index is 1890. The minimum Gasteiger partial charge on any atom is -0.366 e. The average Bonchev–Trinajstić information content (AvgIpc) is 3.56. The molecule has 4 aromatic rings. The van der Waals surface area contributed by atoms with Gasteiger partial charge >= 0.3 is 0 Å². The number of thiazole rings is 1. The predicted molar refractivity (Wildman–Crippen MR) is 167 cm³/mol. The molecular formula is C30H25ClN8O5S. The molecule has 1 fully saturated rings. The maximum atomic E-state index is 13.1. The molecule has 4 heterocycles. The summed E-state index contributed by atoms with van der Waals surface area (Å²) in [6.07, 6.45) is 1.60. The number of piperidine rings is 1. The molecule has 13 nitrogen and oxygen atoms in total. The highest BCUT2D eigenvalue weighted by Gasteiger charge is 2.44. The molecule has 2 aromatic heterocycles. The van der Waals surface area contributed by atoms with E-state index in [0.29, 0.717) is 43.7 Å². The molecule has 1 unspecified atom stereocenters. The van der Waals surface area contributed by atoms with Crippen molar-refractivity contribution in [1.82, 2.24) is 25.2 Å². The molecule has 5 amide bonds. The first-order chi connectivity index (χ1) is 21.6. The maximum absolute atomic E-state index is 13.1. The smallest absolute Gasteiger partial charge is 0.267 e. The van der Waals surface area contributed by atoms with Crippen molar-refractivity contribution in [1.29, 1.82) is 0 Å². The van der Waals surface area contributed by atoms with Gasteiger partial charge in [0.2, 0.25) is 11.8 Å². The Balaban J connectivity index is 1.11. The van der Waals surface area contributed by atoms with Gasteiger partial charge in [-0.15, -0.1) is 0 Å². The number of carbonyl (C=O) groups excluding carboxylic acids is 5. The molecule has 0 saturated carbocycles. The Morgan fingerprint density at radius 2 is 1.82 bits per heavy atom. The highest BCUT2D eigenvalue weighted by Crippen LogP contribution is 2.30. The number of rotatable bonds is 8. The SMILES string of the molecule is Cc1nc(NCc2ccc3c(c2)C(=O)N(C2CCC(=O)NC2=O)C3=O)cc(Nc2ncc(C(=O)Nc3c(C)cccc3Cl)s2)n1. The molecule has 15 heteroatoms. The standard InChI is InChI=1S/C30H25ClN8O5S/c1-14-4-3-5-19(31)25(14)38-27(42)21-13-33-30(45-21)36-23-11-22(34-15(2)35-23)32-12-16-6-7-17-18(10-16)29(44)39(28(17)43)20-8-9-24(40)37-26(20)41/h3-7,10-11,13,20H,8-9,12H2,1-2H3,(H,38,42)(H,37,40,41)(H2,32,33,34,35,36). The van der Waals surface area contributed by atoms with E-state index in [-0.39, 0.29) is 36.4 Å². The number of benzene rings is 2. The van der Waals surface area contributed by atoms with Crippen LogP contribution in [0.4, 0.5) is 22.5 Å². The monoisotopic (exact) mass is 644 g/mol. The number of hydrogen-bond acceptors (Lipinski definition) is 11. The summed E-state index contributed by atoms with van der Waals surface area (Å²) >= 11 is 7.38. The zero-order valence-corrected chi connectivity index (χ0v) is 25.5. The van der Waals surface area contributed by atoms with E-state index in [1.165, 1.54) is 6.20 Å². The van der Waals surface area contributed by atoms with Crippen molar-refractivity contribution in [2.75, 3.05) is 16.0 Å². The number of fused-ring (bicyclic) bond motifs is 1. The number of halogens is 1. The number of nitrogens with zero attached hydrogens (tertiary/aromatic N) is 4. The van der Waals surface area contributed by atoms with Crippen LogP contribution in [0.1, 0.15) is 60.2 Å². The van der Waals surface area contributed by atoms with E-state index in [0.717, 1.165) is 21.8 Å². The van der Waals surface area contributed by atoms with Crippen molar-refractivity contribution in [3.8, 4) is 0 Å². The fourth-order valence-electron chi connectivity index (χ4n) is 5.05. The van der Waals surface area contributed by atoms with E-state index >= 15 is 0 Å². The summed E-state index contributed by atoms with van der Waals surface area (Å²) in [5, 5.41) is 12.2. The highest BCUT2D eigenvalue weighted by molar-refractivity contribution is 7.17. The summed E-state index contributed by atoms with van der Waals surface area (Å²) in [5.74, 6) is -1.15. The third-order valence-electron chi connectivity index (χ3n) is 7.24. The van der Waals surface area contributed by atoms with E-state index in [9.17, 15) is 24.0 Å². The zero-order valence-electron chi connectivity index (χ0n) is 23.9. The van der Waals surface area contributed by atoms with Gasteiger partial charge in [-0.05, 0) is 49.6 Å². The summed E-state index contributed by atoms with van der Waals surface area (Å²) in [6.45, 7) is 3.85. The van der Waals surface area contributed by atoms with Crippen LogP contribution in [0.25, 0.3) is 0 Å². The molecule has 1 atom stereocenters. The molecule has 0 bridgehead atoms. The molecule has 4 N–H and O–H groups in total. The molecule has 45 heavy (non-hydrogen) atoms. The van der Waals surface area contributed by atoms with Gasteiger partial charge in [0.25, 0.3) is 17.7 Å². The Kier molecular flexibility index (Phi) is 7.99. The van der Waals surface area contributed by atoms with Gasteiger partial charge in [0.1, 0.15) is 28.4 Å². The van der Waals surface area contributed by atoms with Gasteiger partial charge in [-0.3, -0.25) is 34.2 Å². The van der Waals surface area contributed by atoms with Crippen molar-refractivity contribution in [2.24, 2.45) is 0 Å². The average molecular weight is 645 g/mol. The maximum Gasteiger partial charge on any atom is 0.267 e. The Morgan fingerprint density at radius 1 is 1.04 bits per heavy atom.